The summed E-state index contributed by atoms with van der Waals surface area (Å²) in [5.41, 5.74) is 2.12. The highest BCUT2D eigenvalue weighted by molar-refractivity contribution is 8.01. The maximum absolute atomic E-state index is 13.4. The molecule has 1 saturated heterocycles. The van der Waals surface area contributed by atoms with Crippen LogP contribution in [0.25, 0.3) is 5.78 Å². The van der Waals surface area contributed by atoms with Crippen LogP contribution in [0.3, 0.4) is 0 Å². The number of methoxy groups -OCH3 is 1. The zero-order chi connectivity index (χ0) is 24.6. The molecule has 0 amide bonds. The summed E-state index contributed by atoms with van der Waals surface area (Å²) in [6.07, 6.45) is 5.79. The average molecular weight is 495 g/mol. The Morgan fingerprint density at radius 3 is 2.57 bits per heavy atom. The largest absolute Gasteiger partial charge is 0.497 e. The third-order valence-electron chi connectivity index (χ3n) is 7.20. The molecule has 3 heterocycles. The molecule has 3 aromatic rings. The van der Waals surface area contributed by atoms with Crippen molar-refractivity contribution >= 4 is 29.3 Å². The van der Waals surface area contributed by atoms with Gasteiger partial charge in [-0.3, -0.25) is 9.59 Å². The molecule has 184 valence electrons. The lowest BCUT2D eigenvalue weighted by molar-refractivity contribution is -0.177. The summed E-state index contributed by atoms with van der Waals surface area (Å²) >= 11 is 1.06. The molecular formula is C26H30N4O4S. The normalized spacial score (nSPS) is 23.1. The van der Waals surface area contributed by atoms with Crippen molar-refractivity contribution in [1.29, 1.82) is 0 Å². The number of cyclic esters (lactones) is 1. The van der Waals surface area contributed by atoms with Gasteiger partial charge in [-0.1, -0.05) is 36.7 Å². The van der Waals surface area contributed by atoms with Gasteiger partial charge in [-0.05, 0) is 69.2 Å². The Morgan fingerprint density at radius 1 is 1.14 bits per heavy atom. The van der Waals surface area contributed by atoms with Gasteiger partial charge in [0.15, 0.2) is 11.0 Å². The molecule has 1 saturated carbocycles. The summed E-state index contributed by atoms with van der Waals surface area (Å²) in [7, 11) is 1.64. The topological polar surface area (TPSA) is 95.7 Å². The second-order valence-electron chi connectivity index (χ2n) is 9.60. The van der Waals surface area contributed by atoms with Gasteiger partial charge in [0, 0.05) is 17.8 Å². The number of ether oxygens (including phenoxy) is 2. The van der Waals surface area contributed by atoms with Gasteiger partial charge >= 0.3 is 5.97 Å². The molecule has 1 aliphatic heterocycles. The standard InChI is InChI=1S/C26H30N4O4S/c1-16-14-17(2)30-24(27-16)28-25(29-30)35-22-21(31)15-26(34-23(22)32,19-6-4-5-7-19)13-12-18-8-10-20(33-3)11-9-18/h8-11,14,19,22H,4-7,12-13,15H2,1-3H3. The fourth-order valence-electron chi connectivity index (χ4n) is 5.40. The first-order valence-electron chi connectivity index (χ1n) is 12.1. The van der Waals surface area contributed by atoms with Gasteiger partial charge in [0.05, 0.1) is 7.11 Å². The summed E-state index contributed by atoms with van der Waals surface area (Å²) < 4.78 is 13.1. The Bertz CT molecular complexity index is 1230. The van der Waals surface area contributed by atoms with E-state index in [1.54, 1.807) is 11.6 Å². The van der Waals surface area contributed by atoms with Crippen molar-refractivity contribution in [2.24, 2.45) is 5.92 Å². The van der Waals surface area contributed by atoms with Crippen molar-refractivity contribution < 1.29 is 19.1 Å². The number of thioether (sulfide) groups is 1. The van der Waals surface area contributed by atoms with E-state index in [9.17, 15) is 9.59 Å². The highest BCUT2D eigenvalue weighted by Crippen LogP contribution is 2.45. The summed E-state index contributed by atoms with van der Waals surface area (Å²) in [5, 5.41) is 3.86. The molecule has 2 unspecified atom stereocenters. The molecule has 5 rings (SSSR count). The van der Waals surface area contributed by atoms with Gasteiger partial charge in [-0.2, -0.15) is 4.98 Å². The highest BCUT2D eigenvalue weighted by atomic mass is 32.2. The third-order valence-corrected chi connectivity index (χ3v) is 8.28. The second-order valence-corrected chi connectivity index (χ2v) is 10.7. The van der Waals surface area contributed by atoms with Crippen molar-refractivity contribution in [2.45, 2.75) is 74.8 Å². The van der Waals surface area contributed by atoms with Crippen molar-refractivity contribution in [3.05, 3.63) is 47.3 Å². The molecule has 0 radical (unpaired) electrons. The van der Waals surface area contributed by atoms with E-state index in [0.717, 1.165) is 66.6 Å². The Hall–Kier alpha value is -2.94. The predicted molar refractivity (Wildman–Crippen MR) is 132 cm³/mol. The molecule has 2 atom stereocenters. The molecule has 35 heavy (non-hydrogen) atoms. The lowest BCUT2D eigenvalue weighted by atomic mass is 9.76. The Morgan fingerprint density at radius 2 is 1.89 bits per heavy atom. The number of aryl methyl sites for hydroxylation is 3. The molecule has 8 nitrogen and oxygen atoms in total. The van der Waals surface area contributed by atoms with E-state index in [0.29, 0.717) is 17.4 Å². The second kappa shape index (κ2) is 9.60. The van der Waals surface area contributed by atoms with Gasteiger partial charge in [0.1, 0.15) is 11.4 Å². The molecule has 9 heteroatoms. The first-order chi connectivity index (χ1) is 16.9. The van der Waals surface area contributed by atoms with Gasteiger partial charge in [-0.25, -0.2) is 9.50 Å². The van der Waals surface area contributed by atoms with Crippen LogP contribution in [0.5, 0.6) is 5.75 Å². The molecule has 0 spiro atoms. The van der Waals surface area contributed by atoms with E-state index in [-0.39, 0.29) is 18.1 Å². The van der Waals surface area contributed by atoms with Crippen LogP contribution in [0.1, 0.15) is 55.5 Å². The first kappa shape index (κ1) is 23.8. The van der Waals surface area contributed by atoms with Gasteiger partial charge in [0.25, 0.3) is 5.78 Å². The predicted octanol–water partition coefficient (Wildman–Crippen LogP) is 4.29. The number of carbonyl (C=O) groups is 2. The summed E-state index contributed by atoms with van der Waals surface area (Å²) in [6.45, 7) is 3.81. The lowest BCUT2D eigenvalue weighted by Gasteiger charge is -2.42. The maximum atomic E-state index is 13.4. The van der Waals surface area contributed by atoms with Crippen LogP contribution in [0.4, 0.5) is 0 Å². The van der Waals surface area contributed by atoms with Gasteiger partial charge in [0.2, 0.25) is 5.16 Å². The smallest absolute Gasteiger partial charge is 0.327 e. The van der Waals surface area contributed by atoms with Crippen molar-refractivity contribution in [1.82, 2.24) is 19.6 Å². The number of Topliss-reactive ketones (excluding diaryl/α,β-unsaturated/α-hetero) is 1. The maximum Gasteiger partial charge on any atom is 0.327 e. The molecule has 0 bridgehead atoms. The first-order valence-corrected chi connectivity index (χ1v) is 13.0. The number of hydrogen-bond donors (Lipinski definition) is 0. The zero-order valence-corrected chi connectivity index (χ0v) is 21.1. The van der Waals surface area contributed by atoms with E-state index in [2.05, 4.69) is 15.1 Å². The van der Waals surface area contributed by atoms with Crippen LogP contribution in [0.15, 0.2) is 35.5 Å². The fourth-order valence-corrected chi connectivity index (χ4v) is 6.23. The molecule has 1 aromatic carbocycles. The van der Waals surface area contributed by atoms with Crippen molar-refractivity contribution in [2.75, 3.05) is 7.11 Å². The van der Waals surface area contributed by atoms with Crippen LogP contribution in [0, 0.1) is 19.8 Å². The minimum atomic E-state index is -0.954. The quantitative estimate of drug-likeness (QED) is 0.355. The van der Waals surface area contributed by atoms with E-state index < -0.39 is 16.8 Å². The minimum Gasteiger partial charge on any atom is -0.497 e. The zero-order valence-electron chi connectivity index (χ0n) is 20.3. The van der Waals surface area contributed by atoms with E-state index in [1.807, 2.05) is 44.2 Å². The van der Waals surface area contributed by atoms with Gasteiger partial charge in [-0.15, -0.1) is 5.10 Å². The summed E-state index contributed by atoms with van der Waals surface area (Å²) in [5.74, 6) is 0.892. The highest BCUT2D eigenvalue weighted by Gasteiger charge is 2.52. The lowest BCUT2D eigenvalue weighted by Crippen LogP contribution is -2.53. The van der Waals surface area contributed by atoms with Crippen molar-refractivity contribution in [3.63, 3.8) is 0 Å². The fraction of sp³-hybridized carbons (Fsp3) is 0.500. The SMILES string of the molecule is COc1ccc(CCC2(C3CCCC3)CC(=O)C(Sc3nc4nc(C)cc(C)n4n3)C(=O)O2)cc1. The van der Waals surface area contributed by atoms with Crippen LogP contribution >= 0.6 is 11.8 Å². The van der Waals surface area contributed by atoms with E-state index in [4.69, 9.17) is 9.47 Å². The summed E-state index contributed by atoms with van der Waals surface area (Å²) in [4.78, 5) is 35.5. The molecule has 1 aliphatic carbocycles. The third kappa shape index (κ3) is 4.78. The molecular weight excluding hydrogens is 464 g/mol. The number of nitrogens with zero attached hydrogens (tertiary/aromatic N) is 4. The number of rotatable bonds is 7. The number of benzene rings is 1. The number of carbonyl (C=O) groups excluding carboxylic acids is 2. The Kier molecular flexibility index (Phi) is 6.53. The van der Waals surface area contributed by atoms with Crippen LogP contribution < -0.4 is 4.74 Å². The number of esters is 1. The monoisotopic (exact) mass is 494 g/mol. The summed E-state index contributed by atoms with van der Waals surface area (Å²) in [6, 6.07) is 9.83. The molecule has 0 N–H and O–H groups in total. The molecule has 2 aliphatic rings. The van der Waals surface area contributed by atoms with Crippen LogP contribution in [-0.4, -0.2) is 49.3 Å². The number of ketones is 1. The van der Waals surface area contributed by atoms with E-state index in [1.165, 1.54) is 0 Å². The van der Waals surface area contributed by atoms with E-state index >= 15 is 0 Å². The number of hydrogen-bond acceptors (Lipinski definition) is 8. The van der Waals surface area contributed by atoms with Crippen molar-refractivity contribution in [3.8, 4) is 5.75 Å². The molecule has 2 aromatic heterocycles. The minimum absolute atomic E-state index is 0.104. The van der Waals surface area contributed by atoms with Crippen LogP contribution in [-0.2, 0) is 20.7 Å². The number of fused-ring (bicyclic) bond motifs is 1. The van der Waals surface area contributed by atoms with Crippen LogP contribution in [0.2, 0.25) is 0 Å². The van der Waals surface area contributed by atoms with Gasteiger partial charge < -0.3 is 9.47 Å². The average Bonchev–Trinajstić information content (AvgIpc) is 3.51. The number of aromatic nitrogens is 4. The Balaban J connectivity index is 1.34. The molecule has 2 fully saturated rings. The Labute approximate surface area is 208 Å².